The van der Waals surface area contributed by atoms with Gasteiger partial charge in [0.05, 0.1) is 28.6 Å². The van der Waals surface area contributed by atoms with Crippen LogP contribution in [0.25, 0.3) is 16.6 Å². The highest BCUT2D eigenvalue weighted by Crippen LogP contribution is 2.30. The van der Waals surface area contributed by atoms with Gasteiger partial charge in [-0.25, -0.2) is 9.67 Å². The number of amides is 1. The van der Waals surface area contributed by atoms with Gasteiger partial charge in [0.15, 0.2) is 0 Å². The minimum atomic E-state index is -0.280. The van der Waals surface area contributed by atoms with Crippen LogP contribution in [0.1, 0.15) is 23.2 Å². The molecule has 1 amide bonds. The van der Waals surface area contributed by atoms with Crippen molar-refractivity contribution in [2.45, 2.75) is 32.7 Å². The normalized spacial score (nSPS) is 12.8. The first-order chi connectivity index (χ1) is 14.6. The number of aryl methyl sites for hydroxylation is 2. The van der Waals surface area contributed by atoms with Crippen LogP contribution in [0.3, 0.4) is 0 Å². The summed E-state index contributed by atoms with van der Waals surface area (Å²) in [5.74, 6) is 0.411. The van der Waals surface area contributed by atoms with Crippen LogP contribution in [-0.4, -0.2) is 25.2 Å². The van der Waals surface area contributed by atoms with E-state index in [2.05, 4.69) is 10.3 Å². The van der Waals surface area contributed by atoms with E-state index in [1.165, 1.54) is 10.9 Å². The summed E-state index contributed by atoms with van der Waals surface area (Å²) in [6, 6.07) is 15.2. The van der Waals surface area contributed by atoms with Gasteiger partial charge in [0.1, 0.15) is 12.4 Å². The van der Waals surface area contributed by atoms with Gasteiger partial charge in [0.2, 0.25) is 5.91 Å². The largest absolute Gasteiger partial charge is 0.309 e. The first kappa shape index (κ1) is 18.3. The van der Waals surface area contributed by atoms with Crippen LogP contribution >= 0.6 is 0 Å². The monoisotopic (exact) mass is 399 g/mol. The maximum Gasteiger partial charge on any atom is 0.261 e. The summed E-state index contributed by atoms with van der Waals surface area (Å²) in [6.07, 6.45) is 4.26. The van der Waals surface area contributed by atoms with E-state index in [0.29, 0.717) is 16.7 Å². The molecule has 1 N–H and O–H groups in total. The number of carbonyl (C=O) groups is 1. The molecule has 1 aliphatic carbocycles. The minimum Gasteiger partial charge on any atom is -0.309 e. The number of anilines is 1. The molecular formula is C23H21N5O2. The van der Waals surface area contributed by atoms with Gasteiger partial charge >= 0.3 is 0 Å². The Balaban J connectivity index is 1.46. The maximum atomic E-state index is 12.9. The molecule has 7 nitrogen and oxygen atoms in total. The molecule has 2 heterocycles. The topological polar surface area (TPSA) is 81.8 Å². The highest BCUT2D eigenvalue weighted by atomic mass is 16.2. The minimum absolute atomic E-state index is 0.107. The van der Waals surface area contributed by atoms with Gasteiger partial charge < -0.3 is 5.32 Å². The van der Waals surface area contributed by atoms with E-state index >= 15 is 0 Å². The van der Waals surface area contributed by atoms with Crippen molar-refractivity contribution < 1.29 is 4.79 Å². The second-order valence-corrected chi connectivity index (χ2v) is 7.57. The predicted octanol–water partition coefficient (Wildman–Crippen LogP) is 3.02. The number of rotatable bonds is 4. The van der Waals surface area contributed by atoms with E-state index in [4.69, 9.17) is 5.10 Å². The molecule has 2 aromatic carbocycles. The van der Waals surface area contributed by atoms with Crippen molar-refractivity contribution in [3.8, 4) is 5.69 Å². The van der Waals surface area contributed by atoms with Crippen molar-refractivity contribution in [1.82, 2.24) is 19.3 Å². The highest BCUT2D eigenvalue weighted by molar-refractivity contribution is 5.91. The van der Waals surface area contributed by atoms with Crippen molar-refractivity contribution in [2.24, 2.45) is 0 Å². The Kier molecular flexibility index (Phi) is 4.43. The number of aromatic nitrogens is 4. The lowest BCUT2D eigenvalue weighted by molar-refractivity contribution is -0.116. The van der Waals surface area contributed by atoms with Gasteiger partial charge in [0.25, 0.3) is 5.56 Å². The van der Waals surface area contributed by atoms with Crippen molar-refractivity contribution in [3.63, 3.8) is 0 Å². The van der Waals surface area contributed by atoms with Crippen LogP contribution in [0.2, 0.25) is 0 Å². The van der Waals surface area contributed by atoms with E-state index in [1.807, 2.05) is 49.4 Å². The number of hydrogen-bond acceptors (Lipinski definition) is 4. The molecule has 4 aromatic rings. The van der Waals surface area contributed by atoms with Gasteiger partial charge in [-0.05, 0) is 49.9 Å². The number of para-hydroxylation sites is 2. The summed E-state index contributed by atoms with van der Waals surface area (Å²) in [5.41, 5.74) is 4.37. The molecule has 0 saturated heterocycles. The third-order valence-electron chi connectivity index (χ3n) is 5.53. The zero-order chi connectivity index (χ0) is 20.7. The zero-order valence-corrected chi connectivity index (χ0v) is 16.6. The second-order valence-electron chi connectivity index (χ2n) is 7.57. The lowest BCUT2D eigenvalue weighted by atomic mass is 10.1. The van der Waals surface area contributed by atoms with E-state index in [-0.39, 0.29) is 18.0 Å². The van der Waals surface area contributed by atoms with Crippen molar-refractivity contribution in [1.29, 1.82) is 0 Å². The summed E-state index contributed by atoms with van der Waals surface area (Å²) < 4.78 is 3.13. The molecular weight excluding hydrogens is 378 g/mol. The second kappa shape index (κ2) is 7.26. The molecule has 0 fully saturated rings. The Morgan fingerprint density at radius 1 is 1.10 bits per heavy atom. The Morgan fingerprint density at radius 2 is 1.93 bits per heavy atom. The lowest BCUT2D eigenvalue weighted by Gasteiger charge is -2.12. The van der Waals surface area contributed by atoms with Crippen LogP contribution in [0.5, 0.6) is 0 Å². The summed E-state index contributed by atoms with van der Waals surface area (Å²) in [6.45, 7) is 1.81. The molecule has 0 aliphatic heterocycles. The first-order valence-corrected chi connectivity index (χ1v) is 10.0. The predicted molar refractivity (Wildman–Crippen MR) is 115 cm³/mol. The molecule has 0 saturated carbocycles. The van der Waals surface area contributed by atoms with E-state index in [9.17, 15) is 9.59 Å². The number of benzene rings is 2. The first-order valence-electron chi connectivity index (χ1n) is 10.0. The Labute approximate surface area is 173 Å². The zero-order valence-electron chi connectivity index (χ0n) is 16.6. The molecule has 5 rings (SSSR count). The molecule has 0 radical (unpaired) electrons. The van der Waals surface area contributed by atoms with Gasteiger partial charge in [-0.15, -0.1) is 0 Å². The summed E-state index contributed by atoms with van der Waals surface area (Å²) >= 11 is 0. The molecule has 2 aromatic heterocycles. The van der Waals surface area contributed by atoms with E-state index in [0.717, 1.165) is 41.8 Å². The highest BCUT2D eigenvalue weighted by Gasteiger charge is 2.24. The number of hydrogen-bond donors (Lipinski definition) is 1. The smallest absolute Gasteiger partial charge is 0.261 e. The lowest BCUT2D eigenvalue weighted by Crippen LogP contribution is -2.28. The number of nitrogens with one attached hydrogen (secondary N) is 1. The summed E-state index contributed by atoms with van der Waals surface area (Å²) in [7, 11) is 0. The van der Waals surface area contributed by atoms with Crippen LogP contribution < -0.4 is 10.9 Å². The van der Waals surface area contributed by atoms with E-state index < -0.39 is 0 Å². The van der Waals surface area contributed by atoms with Crippen LogP contribution in [0.15, 0.2) is 59.7 Å². The number of fused-ring (bicyclic) bond motifs is 2. The van der Waals surface area contributed by atoms with Crippen LogP contribution in [0.4, 0.5) is 5.82 Å². The van der Waals surface area contributed by atoms with Crippen molar-refractivity contribution in [2.75, 3.05) is 5.32 Å². The summed E-state index contributed by atoms with van der Waals surface area (Å²) in [4.78, 5) is 30.1. The van der Waals surface area contributed by atoms with Gasteiger partial charge in [-0.1, -0.05) is 30.3 Å². The van der Waals surface area contributed by atoms with Gasteiger partial charge in [-0.3, -0.25) is 14.2 Å². The van der Waals surface area contributed by atoms with Crippen LogP contribution in [0, 0.1) is 6.92 Å². The molecule has 0 spiro atoms. The average molecular weight is 399 g/mol. The third kappa shape index (κ3) is 3.08. The van der Waals surface area contributed by atoms with Crippen molar-refractivity contribution in [3.05, 3.63) is 82.0 Å². The molecule has 7 heteroatoms. The standard InChI is InChI=1S/C23H21N5O2/c1-15-7-5-11-18-21(15)24-14-27(23(18)30)13-20(29)25-22-17-10-6-12-19(17)26-28(22)16-8-3-2-4-9-16/h2-5,7-9,11,14H,6,10,12-13H2,1H3,(H,25,29). The molecule has 30 heavy (non-hydrogen) atoms. The number of carbonyl (C=O) groups excluding carboxylic acids is 1. The molecule has 1 aliphatic rings. The van der Waals surface area contributed by atoms with E-state index in [1.54, 1.807) is 10.7 Å². The van der Waals surface area contributed by atoms with Crippen LogP contribution in [-0.2, 0) is 24.2 Å². The van der Waals surface area contributed by atoms with Gasteiger partial charge in [0, 0.05) is 5.56 Å². The maximum absolute atomic E-state index is 12.9. The SMILES string of the molecule is Cc1cccc2c(=O)n(CC(=O)Nc3c4c(nn3-c3ccccc3)CCC4)cnc12. The summed E-state index contributed by atoms with van der Waals surface area (Å²) in [5, 5.41) is 8.22. The molecule has 0 atom stereocenters. The third-order valence-corrected chi connectivity index (χ3v) is 5.53. The average Bonchev–Trinajstić information content (AvgIpc) is 3.34. The van der Waals surface area contributed by atoms with Gasteiger partial charge in [-0.2, -0.15) is 5.10 Å². The fraction of sp³-hybridized carbons (Fsp3) is 0.217. The molecule has 0 unspecified atom stereocenters. The molecule has 150 valence electrons. The Bertz CT molecular complexity index is 1320. The Hall–Kier alpha value is -3.74. The quantitative estimate of drug-likeness (QED) is 0.572. The number of nitrogens with zero attached hydrogens (tertiary/aromatic N) is 4. The van der Waals surface area contributed by atoms with Crippen molar-refractivity contribution >= 4 is 22.6 Å². The fourth-order valence-electron chi connectivity index (χ4n) is 4.05. The fourth-order valence-corrected chi connectivity index (χ4v) is 4.05. The Morgan fingerprint density at radius 3 is 2.77 bits per heavy atom. The molecule has 0 bridgehead atoms.